The van der Waals surface area contributed by atoms with Gasteiger partial charge in [0.1, 0.15) is 5.75 Å². The third-order valence-corrected chi connectivity index (χ3v) is 4.76. The van der Waals surface area contributed by atoms with Crippen molar-refractivity contribution in [3.05, 3.63) is 109 Å². The molecule has 1 amide bonds. The number of benzene rings is 4. The van der Waals surface area contributed by atoms with Crippen LogP contribution in [-0.2, 0) is 4.79 Å². The molecule has 0 saturated heterocycles. The Labute approximate surface area is 191 Å². The van der Waals surface area contributed by atoms with Crippen LogP contribution in [0.5, 0.6) is 5.75 Å². The second kappa shape index (κ2) is 10.5. The standard InChI is InChI=1S/C27H20N4O2/c28-18-20-6-8-21(9-7-20)22-10-16-26(17-11-22)33-19-27(32)29-23-12-14-25(15-13-23)31-30-24-4-2-1-3-5-24/h1-17H,19H2,(H,29,32). The molecule has 0 bridgehead atoms. The van der Waals surface area contributed by atoms with Gasteiger partial charge in [-0.3, -0.25) is 4.79 Å². The van der Waals surface area contributed by atoms with Gasteiger partial charge in [-0.15, -0.1) is 0 Å². The maximum Gasteiger partial charge on any atom is 0.262 e. The van der Waals surface area contributed by atoms with Gasteiger partial charge in [-0.25, -0.2) is 0 Å². The minimum atomic E-state index is -0.259. The molecule has 0 radical (unpaired) electrons. The normalized spacial score (nSPS) is 10.5. The Balaban J connectivity index is 1.27. The number of anilines is 1. The van der Waals surface area contributed by atoms with Crippen LogP contribution >= 0.6 is 0 Å². The summed E-state index contributed by atoms with van der Waals surface area (Å²) in [5.41, 5.74) is 4.74. The van der Waals surface area contributed by atoms with Crippen molar-refractivity contribution < 1.29 is 9.53 Å². The fourth-order valence-corrected chi connectivity index (χ4v) is 3.05. The Hall–Kier alpha value is -4.76. The van der Waals surface area contributed by atoms with Crippen molar-refractivity contribution >= 4 is 23.0 Å². The van der Waals surface area contributed by atoms with Gasteiger partial charge < -0.3 is 10.1 Å². The summed E-state index contributed by atoms with van der Waals surface area (Å²) in [6.45, 7) is -0.105. The SMILES string of the molecule is N#Cc1ccc(-c2ccc(OCC(=O)Nc3ccc(N=Nc4ccccc4)cc3)cc2)cc1. The van der Waals surface area contributed by atoms with E-state index in [0.29, 0.717) is 22.7 Å². The molecule has 4 aromatic carbocycles. The number of carbonyl (C=O) groups excluding carboxylic acids is 1. The molecule has 0 unspecified atom stereocenters. The number of carbonyl (C=O) groups is 1. The van der Waals surface area contributed by atoms with Gasteiger partial charge in [0, 0.05) is 5.69 Å². The first-order valence-corrected chi connectivity index (χ1v) is 10.3. The van der Waals surface area contributed by atoms with E-state index in [1.54, 1.807) is 36.4 Å². The average Bonchev–Trinajstić information content (AvgIpc) is 2.88. The number of ether oxygens (including phenoxy) is 1. The summed E-state index contributed by atoms with van der Waals surface area (Å²) in [7, 11) is 0. The van der Waals surface area contributed by atoms with Gasteiger partial charge in [0.25, 0.3) is 5.91 Å². The number of hydrogen-bond acceptors (Lipinski definition) is 5. The molecular weight excluding hydrogens is 412 g/mol. The lowest BCUT2D eigenvalue weighted by Crippen LogP contribution is -2.20. The van der Waals surface area contributed by atoms with Crippen molar-refractivity contribution in [3.8, 4) is 22.9 Å². The molecule has 0 fully saturated rings. The molecule has 0 aliphatic rings. The highest BCUT2D eigenvalue weighted by Crippen LogP contribution is 2.23. The average molecular weight is 432 g/mol. The van der Waals surface area contributed by atoms with E-state index >= 15 is 0 Å². The van der Waals surface area contributed by atoms with Crippen LogP contribution in [0.2, 0.25) is 0 Å². The Morgan fingerprint density at radius 3 is 1.94 bits per heavy atom. The minimum absolute atomic E-state index is 0.105. The second-order valence-corrected chi connectivity index (χ2v) is 7.13. The summed E-state index contributed by atoms with van der Waals surface area (Å²) in [6.07, 6.45) is 0. The predicted octanol–water partition coefficient (Wildman–Crippen LogP) is 6.66. The molecule has 6 heteroatoms. The van der Waals surface area contributed by atoms with Crippen LogP contribution in [0, 0.1) is 11.3 Å². The molecule has 160 valence electrons. The van der Waals surface area contributed by atoms with Crippen LogP contribution in [0.4, 0.5) is 17.1 Å². The third kappa shape index (κ3) is 6.12. The molecule has 0 saturated carbocycles. The summed E-state index contributed by atoms with van der Waals surface area (Å²) in [6, 6.07) is 33.5. The number of nitrogens with one attached hydrogen (secondary N) is 1. The van der Waals surface area contributed by atoms with E-state index in [0.717, 1.165) is 16.8 Å². The number of amides is 1. The summed E-state index contributed by atoms with van der Waals surface area (Å²) < 4.78 is 5.59. The van der Waals surface area contributed by atoms with E-state index in [2.05, 4.69) is 21.6 Å². The minimum Gasteiger partial charge on any atom is -0.484 e. The first-order valence-electron chi connectivity index (χ1n) is 10.3. The van der Waals surface area contributed by atoms with Gasteiger partial charge >= 0.3 is 0 Å². The van der Waals surface area contributed by atoms with Gasteiger partial charge in [0.15, 0.2) is 6.61 Å². The van der Waals surface area contributed by atoms with Gasteiger partial charge in [-0.05, 0) is 71.8 Å². The van der Waals surface area contributed by atoms with Crippen LogP contribution in [0.15, 0.2) is 113 Å². The maximum atomic E-state index is 12.2. The quantitative estimate of drug-likeness (QED) is 0.331. The number of nitriles is 1. The number of azo groups is 1. The molecule has 0 aromatic heterocycles. The van der Waals surface area contributed by atoms with Gasteiger partial charge in [0.05, 0.1) is 23.0 Å². The highest BCUT2D eigenvalue weighted by atomic mass is 16.5. The van der Waals surface area contributed by atoms with E-state index < -0.39 is 0 Å². The zero-order valence-electron chi connectivity index (χ0n) is 17.7. The lowest BCUT2D eigenvalue weighted by Gasteiger charge is -2.09. The molecule has 0 atom stereocenters. The zero-order valence-corrected chi connectivity index (χ0v) is 17.7. The second-order valence-electron chi connectivity index (χ2n) is 7.13. The molecular formula is C27H20N4O2. The van der Waals surface area contributed by atoms with Crippen molar-refractivity contribution in [3.63, 3.8) is 0 Å². The third-order valence-electron chi connectivity index (χ3n) is 4.76. The summed E-state index contributed by atoms with van der Waals surface area (Å²) in [5.74, 6) is 0.337. The van der Waals surface area contributed by atoms with Crippen molar-refractivity contribution in [2.75, 3.05) is 11.9 Å². The lowest BCUT2D eigenvalue weighted by atomic mass is 10.0. The molecule has 4 aromatic rings. The Morgan fingerprint density at radius 1 is 0.758 bits per heavy atom. The summed E-state index contributed by atoms with van der Waals surface area (Å²) in [5, 5.41) is 20.0. The van der Waals surface area contributed by atoms with E-state index in [1.807, 2.05) is 66.7 Å². The monoisotopic (exact) mass is 432 g/mol. The Bertz CT molecular complexity index is 1280. The predicted molar refractivity (Wildman–Crippen MR) is 128 cm³/mol. The first-order chi connectivity index (χ1) is 16.2. The van der Waals surface area contributed by atoms with Crippen LogP contribution < -0.4 is 10.1 Å². The fourth-order valence-electron chi connectivity index (χ4n) is 3.05. The van der Waals surface area contributed by atoms with E-state index in [-0.39, 0.29) is 12.5 Å². The summed E-state index contributed by atoms with van der Waals surface area (Å²) >= 11 is 0. The molecule has 0 heterocycles. The maximum absolute atomic E-state index is 12.2. The van der Waals surface area contributed by atoms with Gasteiger partial charge in [-0.2, -0.15) is 15.5 Å². The Kier molecular flexibility index (Phi) is 6.84. The fraction of sp³-hybridized carbons (Fsp3) is 0.0370. The summed E-state index contributed by atoms with van der Waals surface area (Å²) in [4.78, 5) is 12.2. The number of hydrogen-bond donors (Lipinski definition) is 1. The van der Waals surface area contributed by atoms with Gasteiger partial charge in [0.2, 0.25) is 0 Å². The number of nitrogens with zero attached hydrogens (tertiary/aromatic N) is 3. The highest BCUT2D eigenvalue weighted by molar-refractivity contribution is 5.92. The molecule has 0 aliphatic carbocycles. The largest absolute Gasteiger partial charge is 0.484 e. The molecule has 4 rings (SSSR count). The Morgan fingerprint density at radius 2 is 1.33 bits per heavy atom. The molecule has 1 N–H and O–H groups in total. The van der Waals surface area contributed by atoms with Crippen molar-refractivity contribution in [2.24, 2.45) is 10.2 Å². The van der Waals surface area contributed by atoms with Crippen LogP contribution in [0.1, 0.15) is 5.56 Å². The number of rotatable bonds is 7. The van der Waals surface area contributed by atoms with Gasteiger partial charge in [-0.1, -0.05) is 42.5 Å². The topological polar surface area (TPSA) is 86.8 Å². The molecule has 6 nitrogen and oxygen atoms in total. The van der Waals surface area contributed by atoms with Crippen LogP contribution in [-0.4, -0.2) is 12.5 Å². The van der Waals surface area contributed by atoms with Crippen LogP contribution in [0.25, 0.3) is 11.1 Å². The molecule has 33 heavy (non-hydrogen) atoms. The molecule has 0 spiro atoms. The van der Waals surface area contributed by atoms with E-state index in [9.17, 15) is 4.79 Å². The van der Waals surface area contributed by atoms with Crippen molar-refractivity contribution in [1.82, 2.24) is 0 Å². The highest BCUT2D eigenvalue weighted by Gasteiger charge is 2.05. The van der Waals surface area contributed by atoms with Crippen molar-refractivity contribution in [1.29, 1.82) is 5.26 Å². The lowest BCUT2D eigenvalue weighted by molar-refractivity contribution is -0.118. The van der Waals surface area contributed by atoms with Crippen molar-refractivity contribution in [2.45, 2.75) is 0 Å². The van der Waals surface area contributed by atoms with E-state index in [4.69, 9.17) is 10.00 Å². The molecule has 0 aliphatic heterocycles. The van der Waals surface area contributed by atoms with Crippen LogP contribution in [0.3, 0.4) is 0 Å². The zero-order chi connectivity index (χ0) is 22.9. The van der Waals surface area contributed by atoms with E-state index in [1.165, 1.54) is 0 Å². The first kappa shape index (κ1) is 21.5. The smallest absolute Gasteiger partial charge is 0.262 e.